The lowest BCUT2D eigenvalue weighted by molar-refractivity contribution is -0.138. The molecule has 5 aromatic rings. The first-order chi connectivity index (χ1) is 23.4. The van der Waals surface area contributed by atoms with Gasteiger partial charge >= 0.3 is 11.9 Å². The molecule has 242 valence electrons. The van der Waals surface area contributed by atoms with Gasteiger partial charge in [0.15, 0.2) is 4.80 Å². The standard InChI is InChI=1S/C38H31BrN2O6S/c1-3-45-36(43)28-18-15-24(16-19-28)23-47-30-20-17-25(21-29(30)39)22-31-35(42)41-34(27-13-9-6-10-14-27)32(37(44)46-4-2)33(40-38(41)48-31)26-11-7-5-8-12-26/h5-22,34H,3-4,23H2,1-2H3/b31-22-/t34-/m0/s1. The summed E-state index contributed by atoms with van der Waals surface area (Å²) < 4.78 is 19.4. The van der Waals surface area contributed by atoms with Gasteiger partial charge in [0.25, 0.3) is 5.56 Å². The van der Waals surface area contributed by atoms with Crippen molar-refractivity contribution >= 4 is 51.0 Å². The molecule has 1 aliphatic rings. The lowest BCUT2D eigenvalue weighted by atomic mass is 9.93. The van der Waals surface area contributed by atoms with Crippen molar-refractivity contribution in [3.05, 3.63) is 161 Å². The Labute approximate surface area is 289 Å². The minimum absolute atomic E-state index is 0.187. The molecular formula is C38H31BrN2O6S. The molecule has 0 bridgehead atoms. The van der Waals surface area contributed by atoms with E-state index in [1.165, 1.54) is 11.3 Å². The Hall–Kier alpha value is -5.06. The minimum Gasteiger partial charge on any atom is -0.488 e. The van der Waals surface area contributed by atoms with Crippen LogP contribution in [-0.4, -0.2) is 29.7 Å². The van der Waals surface area contributed by atoms with Gasteiger partial charge in [-0.05, 0) is 76.8 Å². The predicted molar refractivity (Wildman–Crippen MR) is 188 cm³/mol. The molecule has 10 heteroatoms. The molecule has 0 radical (unpaired) electrons. The molecule has 0 saturated heterocycles. The van der Waals surface area contributed by atoms with E-state index in [1.54, 1.807) is 30.5 Å². The predicted octanol–water partition coefficient (Wildman–Crippen LogP) is 6.45. The summed E-state index contributed by atoms with van der Waals surface area (Å²) in [6.45, 7) is 4.33. The number of nitrogens with zero attached hydrogens (tertiary/aromatic N) is 2. The molecule has 0 unspecified atom stereocenters. The van der Waals surface area contributed by atoms with Crippen molar-refractivity contribution in [1.82, 2.24) is 4.57 Å². The van der Waals surface area contributed by atoms with Gasteiger partial charge in [-0.15, -0.1) is 0 Å². The summed E-state index contributed by atoms with van der Waals surface area (Å²) in [7, 11) is 0. The third-order valence-corrected chi connectivity index (χ3v) is 9.20. The lowest BCUT2D eigenvalue weighted by Gasteiger charge is -2.25. The van der Waals surface area contributed by atoms with E-state index in [2.05, 4.69) is 15.9 Å². The van der Waals surface area contributed by atoms with Crippen LogP contribution in [-0.2, 0) is 20.9 Å². The Morgan fingerprint density at radius 1 is 0.875 bits per heavy atom. The van der Waals surface area contributed by atoms with Gasteiger partial charge in [0.05, 0.1) is 45.1 Å². The zero-order chi connectivity index (χ0) is 33.6. The van der Waals surface area contributed by atoms with Gasteiger partial charge in [-0.2, -0.15) is 0 Å². The van der Waals surface area contributed by atoms with Crippen LogP contribution >= 0.6 is 27.3 Å². The highest BCUT2D eigenvalue weighted by molar-refractivity contribution is 9.10. The number of carbonyl (C=O) groups excluding carboxylic acids is 2. The number of halogens is 1. The molecule has 4 aromatic carbocycles. The fourth-order valence-electron chi connectivity index (χ4n) is 5.38. The third-order valence-electron chi connectivity index (χ3n) is 7.60. The molecule has 0 amide bonds. The number of rotatable bonds is 10. The molecule has 48 heavy (non-hydrogen) atoms. The monoisotopic (exact) mass is 722 g/mol. The molecule has 1 atom stereocenters. The summed E-state index contributed by atoms with van der Waals surface area (Å²) in [4.78, 5) is 45.0. The van der Waals surface area contributed by atoms with E-state index in [0.29, 0.717) is 49.6 Å². The Kier molecular flexibility index (Phi) is 10.1. The maximum atomic E-state index is 14.1. The third kappa shape index (κ3) is 6.95. The molecule has 0 aliphatic carbocycles. The van der Waals surface area contributed by atoms with Crippen LogP contribution in [0, 0.1) is 0 Å². The van der Waals surface area contributed by atoms with Crippen LogP contribution in [0.4, 0.5) is 0 Å². The maximum absolute atomic E-state index is 14.1. The van der Waals surface area contributed by atoms with Crippen molar-refractivity contribution in [2.75, 3.05) is 13.2 Å². The second-order valence-electron chi connectivity index (χ2n) is 10.7. The highest BCUT2D eigenvalue weighted by Crippen LogP contribution is 2.35. The molecule has 8 nitrogen and oxygen atoms in total. The molecular weight excluding hydrogens is 692 g/mol. The number of hydrogen-bond donors (Lipinski definition) is 0. The van der Waals surface area contributed by atoms with Crippen LogP contribution in [0.3, 0.4) is 0 Å². The van der Waals surface area contributed by atoms with E-state index in [0.717, 1.165) is 22.3 Å². The van der Waals surface area contributed by atoms with Gasteiger partial charge in [-0.1, -0.05) is 90.2 Å². The Morgan fingerprint density at radius 3 is 2.21 bits per heavy atom. The second kappa shape index (κ2) is 14.8. The summed E-state index contributed by atoms with van der Waals surface area (Å²) in [5.41, 5.74) is 4.23. The topological polar surface area (TPSA) is 96.2 Å². The Bertz CT molecular complexity index is 2170. The van der Waals surface area contributed by atoms with Crippen LogP contribution in [0.5, 0.6) is 5.75 Å². The number of ether oxygens (including phenoxy) is 3. The number of hydrogen-bond acceptors (Lipinski definition) is 8. The van der Waals surface area contributed by atoms with Crippen LogP contribution in [0.25, 0.3) is 11.8 Å². The first kappa shape index (κ1) is 32.9. The average Bonchev–Trinajstić information content (AvgIpc) is 3.42. The summed E-state index contributed by atoms with van der Waals surface area (Å²) >= 11 is 4.87. The van der Waals surface area contributed by atoms with Gasteiger partial charge in [-0.3, -0.25) is 9.36 Å². The molecule has 0 fully saturated rings. The van der Waals surface area contributed by atoms with E-state index in [9.17, 15) is 14.4 Å². The molecule has 6 rings (SSSR count). The SMILES string of the molecule is CCOC(=O)C1=C(c2ccccc2)N=c2s/c(=C\c3ccc(OCc4ccc(C(=O)OCC)cc4)c(Br)c3)c(=O)n2[C@H]1c1ccccc1. The van der Waals surface area contributed by atoms with E-state index in [1.807, 2.05) is 97.1 Å². The molecule has 1 aliphatic heterocycles. The highest BCUT2D eigenvalue weighted by atomic mass is 79.9. The van der Waals surface area contributed by atoms with Crippen molar-refractivity contribution in [3.8, 4) is 5.75 Å². The maximum Gasteiger partial charge on any atom is 0.338 e. The summed E-state index contributed by atoms with van der Waals surface area (Å²) in [6.07, 6.45) is 1.81. The molecule has 2 heterocycles. The zero-order valence-corrected chi connectivity index (χ0v) is 28.6. The van der Waals surface area contributed by atoms with E-state index >= 15 is 0 Å². The molecule has 0 spiro atoms. The van der Waals surface area contributed by atoms with Gasteiger partial charge in [-0.25, -0.2) is 14.6 Å². The number of thiazole rings is 1. The van der Waals surface area contributed by atoms with Gasteiger partial charge < -0.3 is 14.2 Å². The number of aromatic nitrogens is 1. The largest absolute Gasteiger partial charge is 0.488 e. The summed E-state index contributed by atoms with van der Waals surface area (Å²) in [6, 6.07) is 30.9. The van der Waals surface area contributed by atoms with E-state index in [4.69, 9.17) is 19.2 Å². The first-order valence-electron chi connectivity index (χ1n) is 15.4. The fraction of sp³-hybridized carbons (Fsp3) is 0.158. The zero-order valence-electron chi connectivity index (χ0n) is 26.2. The van der Waals surface area contributed by atoms with Crippen LogP contribution in [0.1, 0.15) is 52.5 Å². The van der Waals surface area contributed by atoms with Crippen molar-refractivity contribution in [1.29, 1.82) is 0 Å². The summed E-state index contributed by atoms with van der Waals surface area (Å²) in [5, 5.41) is 0. The number of benzene rings is 4. The molecule has 0 N–H and O–H groups in total. The Balaban J connectivity index is 1.35. The molecule has 0 saturated carbocycles. The minimum atomic E-state index is -0.729. The van der Waals surface area contributed by atoms with Crippen molar-refractivity contribution < 1.29 is 23.8 Å². The highest BCUT2D eigenvalue weighted by Gasteiger charge is 2.35. The fourth-order valence-corrected chi connectivity index (χ4v) is 6.89. The van der Waals surface area contributed by atoms with Crippen molar-refractivity contribution in [2.24, 2.45) is 4.99 Å². The van der Waals surface area contributed by atoms with Crippen LogP contribution in [0.15, 0.2) is 123 Å². The van der Waals surface area contributed by atoms with E-state index < -0.39 is 12.0 Å². The normalized spacial score (nSPS) is 14.2. The van der Waals surface area contributed by atoms with Crippen LogP contribution < -0.4 is 19.6 Å². The Morgan fingerprint density at radius 2 is 1.54 bits per heavy atom. The second-order valence-corrected chi connectivity index (χ2v) is 12.6. The smallest absolute Gasteiger partial charge is 0.338 e. The lowest BCUT2D eigenvalue weighted by Crippen LogP contribution is -2.39. The van der Waals surface area contributed by atoms with Gasteiger partial charge in [0, 0.05) is 5.56 Å². The van der Waals surface area contributed by atoms with Gasteiger partial charge in [0.2, 0.25) is 0 Å². The number of esters is 2. The first-order valence-corrected chi connectivity index (χ1v) is 17.0. The number of carbonyl (C=O) groups is 2. The average molecular weight is 724 g/mol. The van der Waals surface area contributed by atoms with E-state index in [-0.39, 0.29) is 18.1 Å². The number of fused-ring (bicyclic) bond motifs is 1. The van der Waals surface area contributed by atoms with Gasteiger partial charge in [0.1, 0.15) is 12.4 Å². The summed E-state index contributed by atoms with van der Waals surface area (Å²) in [5.74, 6) is -0.251. The van der Waals surface area contributed by atoms with Crippen molar-refractivity contribution in [2.45, 2.75) is 26.5 Å². The van der Waals surface area contributed by atoms with Crippen LogP contribution in [0.2, 0.25) is 0 Å². The molecule has 1 aromatic heterocycles. The van der Waals surface area contributed by atoms with Crippen molar-refractivity contribution in [3.63, 3.8) is 0 Å². The quantitative estimate of drug-likeness (QED) is 0.154.